The van der Waals surface area contributed by atoms with Crippen LogP contribution < -0.4 is 0 Å². The summed E-state index contributed by atoms with van der Waals surface area (Å²) in [5, 5.41) is 8.87. The number of hydrogen-bond acceptors (Lipinski definition) is 2. The Morgan fingerprint density at radius 2 is 2.36 bits per heavy atom. The highest BCUT2D eigenvalue weighted by Crippen LogP contribution is 2.24. The quantitative estimate of drug-likeness (QED) is 0.623. The molecule has 0 unspecified atom stereocenters. The van der Waals surface area contributed by atoms with E-state index < -0.39 is 0 Å². The Labute approximate surface area is 67.0 Å². The molecule has 2 atom stereocenters. The van der Waals surface area contributed by atoms with Crippen LogP contribution in [0.1, 0.15) is 19.8 Å². The molecule has 1 rings (SSSR count). The van der Waals surface area contributed by atoms with Crippen LogP contribution in [-0.4, -0.2) is 35.6 Å². The average molecular weight is 157 g/mol. The molecule has 0 saturated carbocycles. The molecule has 64 valence electrons. The number of rotatable bonds is 2. The number of likely N-dealkylation sites (tertiary alicyclic amines) is 1. The van der Waals surface area contributed by atoms with Crippen molar-refractivity contribution in [3.05, 3.63) is 0 Å². The number of carbonyl (C=O) groups is 1. The molecule has 1 saturated heterocycles. The number of amides is 1. The fourth-order valence-corrected chi connectivity index (χ4v) is 1.59. The van der Waals surface area contributed by atoms with Crippen molar-refractivity contribution < 1.29 is 9.90 Å². The van der Waals surface area contributed by atoms with Gasteiger partial charge in [0.05, 0.1) is 12.6 Å². The van der Waals surface area contributed by atoms with Gasteiger partial charge in [-0.2, -0.15) is 0 Å². The van der Waals surface area contributed by atoms with Gasteiger partial charge in [0.2, 0.25) is 5.91 Å². The van der Waals surface area contributed by atoms with Crippen molar-refractivity contribution in [1.29, 1.82) is 0 Å². The third-order valence-electron chi connectivity index (χ3n) is 2.50. The third kappa shape index (κ3) is 1.38. The minimum atomic E-state index is 0.0625. The van der Waals surface area contributed by atoms with E-state index in [2.05, 4.69) is 0 Å². The Hall–Kier alpha value is -0.570. The van der Waals surface area contributed by atoms with Gasteiger partial charge < -0.3 is 10.0 Å². The van der Waals surface area contributed by atoms with E-state index in [-0.39, 0.29) is 24.5 Å². The van der Waals surface area contributed by atoms with Gasteiger partial charge in [-0.3, -0.25) is 4.79 Å². The highest BCUT2D eigenvalue weighted by atomic mass is 16.3. The SMILES string of the molecule is CC[C@@H]1C[C@@H](CO)N(C)C1=O. The van der Waals surface area contributed by atoms with E-state index in [9.17, 15) is 4.79 Å². The molecule has 1 fully saturated rings. The molecule has 1 N–H and O–H groups in total. The van der Waals surface area contributed by atoms with Gasteiger partial charge in [0.25, 0.3) is 0 Å². The highest BCUT2D eigenvalue weighted by molar-refractivity contribution is 5.81. The zero-order chi connectivity index (χ0) is 8.43. The van der Waals surface area contributed by atoms with Crippen molar-refractivity contribution in [2.24, 2.45) is 5.92 Å². The first kappa shape index (κ1) is 8.53. The molecule has 11 heavy (non-hydrogen) atoms. The van der Waals surface area contributed by atoms with Gasteiger partial charge >= 0.3 is 0 Å². The number of aliphatic hydroxyl groups is 1. The maximum Gasteiger partial charge on any atom is 0.225 e. The molecule has 3 heteroatoms. The van der Waals surface area contributed by atoms with Crippen LogP contribution >= 0.6 is 0 Å². The van der Waals surface area contributed by atoms with Crippen LogP contribution in [0.3, 0.4) is 0 Å². The summed E-state index contributed by atoms with van der Waals surface area (Å²) in [6.07, 6.45) is 1.71. The smallest absolute Gasteiger partial charge is 0.225 e. The minimum Gasteiger partial charge on any atom is -0.394 e. The normalized spacial score (nSPS) is 31.5. The average Bonchev–Trinajstić information content (AvgIpc) is 2.30. The Bertz CT molecular complexity index is 154. The van der Waals surface area contributed by atoms with Crippen LogP contribution in [0.25, 0.3) is 0 Å². The molecular formula is C8H15NO2. The summed E-state index contributed by atoms with van der Waals surface area (Å²) in [5.74, 6) is 0.337. The molecule has 1 amide bonds. The van der Waals surface area contributed by atoms with Gasteiger partial charge in [-0.25, -0.2) is 0 Å². The third-order valence-corrected chi connectivity index (χ3v) is 2.50. The second kappa shape index (κ2) is 3.22. The monoisotopic (exact) mass is 157 g/mol. The molecule has 0 aromatic heterocycles. The Balaban J connectivity index is 2.61. The standard InChI is InChI=1S/C8H15NO2/c1-3-6-4-7(5-10)9(2)8(6)11/h6-7,10H,3-5H2,1-2H3/t6-,7+/m1/s1. The summed E-state index contributed by atoms with van der Waals surface area (Å²) in [5.41, 5.74) is 0. The molecule has 1 heterocycles. The summed E-state index contributed by atoms with van der Waals surface area (Å²) in [4.78, 5) is 13.0. The van der Waals surface area contributed by atoms with Crippen molar-refractivity contribution in [3.63, 3.8) is 0 Å². The van der Waals surface area contributed by atoms with Gasteiger partial charge in [-0.15, -0.1) is 0 Å². The highest BCUT2D eigenvalue weighted by Gasteiger charge is 2.35. The lowest BCUT2D eigenvalue weighted by Crippen LogP contribution is -2.31. The minimum absolute atomic E-state index is 0.0625. The summed E-state index contributed by atoms with van der Waals surface area (Å²) in [6, 6.07) is 0.0625. The molecule has 3 nitrogen and oxygen atoms in total. The van der Waals surface area contributed by atoms with E-state index in [1.165, 1.54) is 0 Å². The summed E-state index contributed by atoms with van der Waals surface area (Å²) >= 11 is 0. The number of aliphatic hydroxyl groups excluding tert-OH is 1. The van der Waals surface area contributed by atoms with Crippen molar-refractivity contribution in [2.75, 3.05) is 13.7 Å². The maximum absolute atomic E-state index is 11.3. The van der Waals surface area contributed by atoms with Gasteiger partial charge in [-0.1, -0.05) is 6.92 Å². The molecule has 0 spiro atoms. The zero-order valence-corrected chi connectivity index (χ0v) is 7.08. The molecule has 0 radical (unpaired) electrons. The number of likely N-dealkylation sites (N-methyl/N-ethyl adjacent to an activating group) is 1. The Morgan fingerprint density at radius 3 is 2.64 bits per heavy atom. The lowest BCUT2D eigenvalue weighted by molar-refractivity contribution is -0.131. The summed E-state index contributed by atoms with van der Waals surface area (Å²) < 4.78 is 0. The largest absolute Gasteiger partial charge is 0.394 e. The molecular weight excluding hydrogens is 142 g/mol. The van der Waals surface area contributed by atoms with Crippen LogP contribution in [0.15, 0.2) is 0 Å². The zero-order valence-electron chi connectivity index (χ0n) is 7.08. The molecule has 0 aromatic carbocycles. The van der Waals surface area contributed by atoms with E-state index in [0.29, 0.717) is 0 Å². The topological polar surface area (TPSA) is 40.5 Å². The molecule has 1 aliphatic heterocycles. The molecule has 0 aromatic rings. The van der Waals surface area contributed by atoms with E-state index >= 15 is 0 Å². The lowest BCUT2D eigenvalue weighted by atomic mass is 10.0. The summed E-state index contributed by atoms with van der Waals surface area (Å²) in [7, 11) is 1.76. The first-order valence-corrected chi connectivity index (χ1v) is 4.08. The van der Waals surface area contributed by atoms with Gasteiger partial charge in [0, 0.05) is 13.0 Å². The van der Waals surface area contributed by atoms with E-state index in [1.54, 1.807) is 11.9 Å². The van der Waals surface area contributed by atoms with Crippen LogP contribution in [0.4, 0.5) is 0 Å². The lowest BCUT2D eigenvalue weighted by Gasteiger charge is -2.16. The first-order valence-electron chi connectivity index (χ1n) is 4.08. The predicted octanol–water partition coefficient (Wildman–Crippen LogP) is 0.236. The number of nitrogens with zero attached hydrogens (tertiary/aromatic N) is 1. The van der Waals surface area contributed by atoms with Crippen molar-refractivity contribution in [2.45, 2.75) is 25.8 Å². The number of carbonyl (C=O) groups excluding carboxylic acids is 1. The Kier molecular flexibility index (Phi) is 2.49. The van der Waals surface area contributed by atoms with Crippen LogP contribution in [0.5, 0.6) is 0 Å². The van der Waals surface area contributed by atoms with Crippen LogP contribution in [0.2, 0.25) is 0 Å². The first-order chi connectivity index (χ1) is 5.20. The van der Waals surface area contributed by atoms with Crippen molar-refractivity contribution >= 4 is 5.91 Å². The van der Waals surface area contributed by atoms with E-state index in [4.69, 9.17) is 5.11 Å². The number of hydrogen-bond donors (Lipinski definition) is 1. The van der Waals surface area contributed by atoms with E-state index in [1.807, 2.05) is 6.92 Å². The molecule has 0 aliphatic carbocycles. The molecule has 1 aliphatic rings. The fourth-order valence-electron chi connectivity index (χ4n) is 1.59. The fraction of sp³-hybridized carbons (Fsp3) is 0.875. The van der Waals surface area contributed by atoms with Crippen LogP contribution in [0, 0.1) is 5.92 Å². The summed E-state index contributed by atoms with van der Waals surface area (Å²) in [6.45, 7) is 2.11. The second-order valence-electron chi connectivity index (χ2n) is 3.13. The van der Waals surface area contributed by atoms with Gasteiger partial charge in [0.15, 0.2) is 0 Å². The molecule has 0 bridgehead atoms. The van der Waals surface area contributed by atoms with E-state index in [0.717, 1.165) is 12.8 Å². The second-order valence-corrected chi connectivity index (χ2v) is 3.13. The van der Waals surface area contributed by atoms with Gasteiger partial charge in [-0.05, 0) is 12.8 Å². The predicted molar refractivity (Wildman–Crippen MR) is 42.0 cm³/mol. The maximum atomic E-state index is 11.3. The van der Waals surface area contributed by atoms with Crippen molar-refractivity contribution in [3.8, 4) is 0 Å². The Morgan fingerprint density at radius 1 is 1.73 bits per heavy atom. The van der Waals surface area contributed by atoms with Crippen LogP contribution in [-0.2, 0) is 4.79 Å². The van der Waals surface area contributed by atoms with Crippen molar-refractivity contribution in [1.82, 2.24) is 4.90 Å². The van der Waals surface area contributed by atoms with Gasteiger partial charge in [0.1, 0.15) is 0 Å².